The fraction of sp³-hybridized carbons (Fsp3) is 0.412. The van der Waals surface area contributed by atoms with Crippen LogP contribution in [0.15, 0.2) is 58.1 Å². The minimum Gasteiger partial charge on any atom is -0.508 e. The second-order valence-corrected chi connectivity index (χ2v) is 13.2. The number of aliphatic hydroxyl groups is 2. The van der Waals surface area contributed by atoms with Gasteiger partial charge in [-0.05, 0) is 81.5 Å². The monoisotopic (exact) mass is 660 g/mol. The number of nitrogens with one attached hydrogen (secondary N) is 1. The maximum absolute atomic E-state index is 14.4. The maximum atomic E-state index is 14.4. The first kappa shape index (κ1) is 34.4. The number of hydrogen-bond donors (Lipinski definition) is 5. The number of aromatic hydroxyl groups is 1. The van der Waals surface area contributed by atoms with Crippen molar-refractivity contribution in [1.29, 1.82) is 0 Å². The molecule has 4 atom stereocenters. The number of likely N-dealkylation sites (N-methyl/N-ethyl adjacent to an activating group) is 2. The molecule has 0 saturated heterocycles. The number of carbonyl (C=O) groups is 4. The van der Waals surface area contributed by atoms with Gasteiger partial charge in [-0.2, -0.15) is 0 Å². The summed E-state index contributed by atoms with van der Waals surface area (Å²) in [4.78, 5) is 70.6. The van der Waals surface area contributed by atoms with Crippen molar-refractivity contribution in [3.8, 4) is 16.9 Å². The van der Waals surface area contributed by atoms with E-state index in [1.54, 1.807) is 63.4 Å². The molecule has 3 aliphatic carbocycles. The minimum atomic E-state index is -2.77. The van der Waals surface area contributed by atoms with Crippen LogP contribution in [0, 0.1) is 16.7 Å². The van der Waals surface area contributed by atoms with Crippen LogP contribution < -0.4 is 16.0 Å². The third-order valence-corrected chi connectivity index (χ3v) is 9.56. The van der Waals surface area contributed by atoms with Gasteiger partial charge in [0.2, 0.25) is 5.78 Å². The number of allylic oxidation sites excluding steroid dienone is 1. The summed E-state index contributed by atoms with van der Waals surface area (Å²) in [5.74, 6) is -6.98. The molecule has 0 bridgehead atoms. The highest BCUT2D eigenvalue weighted by molar-refractivity contribution is 6.25. The Balaban J connectivity index is 1.66. The number of aliphatic hydroxyl groups excluding tert-OH is 1. The van der Waals surface area contributed by atoms with E-state index < -0.39 is 63.7 Å². The average Bonchev–Trinajstić information content (AvgIpc) is 3.01. The van der Waals surface area contributed by atoms with Crippen LogP contribution in [0.25, 0.3) is 11.1 Å². The minimum absolute atomic E-state index is 0.0406. The Hall–Kier alpha value is -4.92. The number of anilines is 1. The van der Waals surface area contributed by atoms with E-state index in [0.717, 1.165) is 0 Å². The highest BCUT2D eigenvalue weighted by Gasteiger charge is 2.63. The second kappa shape index (κ2) is 12.6. The Labute approximate surface area is 277 Å². The lowest BCUT2D eigenvalue weighted by molar-refractivity contribution is -0.146. The molecule has 6 N–H and O–H groups in total. The number of nitrogens with zero attached hydrogens (tertiary/aromatic N) is 4. The number of primary amides is 1. The number of amides is 2. The van der Waals surface area contributed by atoms with Crippen LogP contribution >= 0.6 is 0 Å². The summed E-state index contributed by atoms with van der Waals surface area (Å²) in [7, 11) is 10.5. The number of phenolic OH excluding ortho intramolecular Hbond substituents is 1. The fourth-order valence-electron chi connectivity index (χ4n) is 7.34. The van der Waals surface area contributed by atoms with Crippen LogP contribution in [0.2, 0.25) is 0 Å². The number of fused-ring (bicyclic) bond motifs is 3. The molecule has 0 unspecified atom stereocenters. The van der Waals surface area contributed by atoms with Crippen molar-refractivity contribution in [1.82, 2.24) is 15.1 Å². The number of carbonyl (C=O) groups excluding carboxylic acids is 4. The normalized spacial score (nSPS) is 23.6. The van der Waals surface area contributed by atoms with E-state index in [4.69, 9.17) is 5.73 Å². The predicted molar refractivity (Wildman–Crippen MR) is 177 cm³/mol. The smallest absolute Gasteiger partial charge is 0.254 e. The van der Waals surface area contributed by atoms with E-state index in [1.807, 2.05) is 19.0 Å². The van der Waals surface area contributed by atoms with E-state index >= 15 is 0 Å². The summed E-state index contributed by atoms with van der Waals surface area (Å²) in [6.45, 7) is 1.06. The van der Waals surface area contributed by atoms with E-state index in [1.165, 1.54) is 4.90 Å². The van der Waals surface area contributed by atoms with E-state index in [-0.39, 0.29) is 35.4 Å². The standard InChI is InChI=1S/C34H40N6O8/c1-38(2)11-10-36-33(46)17-9-7-8-16(12-17)19-15-22(39(3)4)20-13-18-14-21-27(40(5)6)26(37-48)25(32(35)45)31(44)34(21,47)30(43)23(18)29(42)24(20)28(19)41/h7-9,12,15,18,21,27,41,43,47H,10-11,13-14H2,1-6H3,(H2,35,45)(H,36,46)/t18-,21-,27-,34-/m0/s1. The van der Waals surface area contributed by atoms with Gasteiger partial charge in [0.25, 0.3) is 11.8 Å². The van der Waals surface area contributed by atoms with Gasteiger partial charge in [-0.25, -0.2) is 0 Å². The number of benzene rings is 2. The molecule has 0 fully saturated rings. The van der Waals surface area contributed by atoms with E-state index in [9.17, 15) is 39.4 Å². The van der Waals surface area contributed by atoms with Crippen molar-refractivity contribution in [2.45, 2.75) is 24.5 Å². The summed E-state index contributed by atoms with van der Waals surface area (Å²) in [5.41, 5.74) is 3.14. The topological polar surface area (TPSA) is 206 Å². The highest BCUT2D eigenvalue weighted by atomic mass is 16.3. The molecule has 2 aromatic rings. The van der Waals surface area contributed by atoms with Crippen molar-refractivity contribution in [3.05, 3.63) is 74.5 Å². The SMILES string of the molecule is CN(C)CCNC(=O)c1cccc(-c2cc(N(C)C)c3c(c2O)C(=O)C2=C(O)[C@]4(O)C(=O)C(C(N)=O)=C(N=O)[C@@H](N(C)C)[C@@H]4C[C@@H]2C3)c1. The zero-order chi connectivity index (χ0) is 35.4. The first-order valence-electron chi connectivity index (χ1n) is 15.4. The quantitative estimate of drug-likeness (QED) is 0.192. The Kier molecular flexibility index (Phi) is 9.03. The molecule has 0 aromatic heterocycles. The van der Waals surface area contributed by atoms with Crippen LogP contribution in [0.1, 0.15) is 32.7 Å². The van der Waals surface area contributed by atoms with Crippen molar-refractivity contribution in [3.63, 3.8) is 0 Å². The third kappa shape index (κ3) is 5.35. The number of Topliss-reactive ketones (excluding diaryl/α,β-unsaturated/α-hetero) is 2. The molecule has 2 amide bonds. The number of hydrogen-bond acceptors (Lipinski definition) is 12. The first-order valence-corrected chi connectivity index (χ1v) is 15.4. The molecule has 14 nitrogen and oxygen atoms in total. The molecular weight excluding hydrogens is 620 g/mol. The van der Waals surface area contributed by atoms with E-state index in [0.29, 0.717) is 35.5 Å². The molecule has 3 aliphatic rings. The molecular formula is C34H40N6O8. The van der Waals surface area contributed by atoms with Gasteiger partial charge in [-0.3, -0.25) is 19.2 Å². The number of nitrogens with two attached hydrogens (primary N) is 1. The number of ketones is 2. The summed E-state index contributed by atoms with van der Waals surface area (Å²) >= 11 is 0. The lowest BCUT2D eigenvalue weighted by Crippen LogP contribution is -2.63. The van der Waals surface area contributed by atoms with Crippen LogP contribution in [0.3, 0.4) is 0 Å². The predicted octanol–water partition coefficient (Wildman–Crippen LogP) is 1.35. The van der Waals surface area contributed by atoms with Gasteiger partial charge in [0.15, 0.2) is 11.4 Å². The van der Waals surface area contributed by atoms with Crippen LogP contribution in [-0.2, 0) is 16.0 Å². The van der Waals surface area contributed by atoms with Crippen LogP contribution in [0.5, 0.6) is 5.75 Å². The van der Waals surface area contributed by atoms with Gasteiger partial charge < -0.3 is 41.1 Å². The molecule has 0 spiro atoms. The molecule has 2 aromatic carbocycles. The first-order chi connectivity index (χ1) is 22.6. The molecule has 48 heavy (non-hydrogen) atoms. The Morgan fingerprint density at radius 1 is 1.08 bits per heavy atom. The van der Waals surface area contributed by atoms with Crippen molar-refractivity contribution >= 4 is 29.1 Å². The molecule has 254 valence electrons. The zero-order valence-electron chi connectivity index (χ0n) is 27.7. The molecule has 0 radical (unpaired) electrons. The van der Waals surface area contributed by atoms with Gasteiger partial charge in [0.05, 0.1) is 11.6 Å². The molecule has 0 saturated carbocycles. The zero-order valence-corrected chi connectivity index (χ0v) is 27.7. The summed E-state index contributed by atoms with van der Waals surface area (Å²) in [6.07, 6.45) is 0.0917. The molecule has 0 aliphatic heterocycles. The average molecular weight is 661 g/mol. The Morgan fingerprint density at radius 3 is 2.35 bits per heavy atom. The second-order valence-electron chi connectivity index (χ2n) is 13.2. The van der Waals surface area contributed by atoms with Gasteiger partial charge >= 0.3 is 0 Å². The third-order valence-electron chi connectivity index (χ3n) is 9.56. The lowest BCUT2D eigenvalue weighted by atomic mass is 9.58. The fourth-order valence-corrected chi connectivity index (χ4v) is 7.34. The van der Waals surface area contributed by atoms with Crippen molar-refractivity contribution in [2.75, 3.05) is 60.3 Å². The Morgan fingerprint density at radius 2 is 1.77 bits per heavy atom. The van der Waals surface area contributed by atoms with Crippen LogP contribution in [-0.4, -0.2) is 116 Å². The highest BCUT2D eigenvalue weighted by Crippen LogP contribution is 2.54. The van der Waals surface area contributed by atoms with E-state index in [2.05, 4.69) is 10.5 Å². The maximum Gasteiger partial charge on any atom is 0.254 e. The summed E-state index contributed by atoms with van der Waals surface area (Å²) in [5, 5.41) is 41.2. The number of rotatable bonds is 9. The Bertz CT molecular complexity index is 1810. The van der Waals surface area contributed by atoms with Gasteiger partial charge in [0.1, 0.15) is 22.8 Å². The van der Waals surface area contributed by atoms with Gasteiger partial charge in [-0.1, -0.05) is 12.1 Å². The lowest BCUT2D eigenvalue weighted by Gasteiger charge is -2.50. The summed E-state index contributed by atoms with van der Waals surface area (Å²) < 4.78 is 0. The van der Waals surface area contributed by atoms with Crippen molar-refractivity contribution < 1.29 is 34.5 Å². The van der Waals surface area contributed by atoms with Gasteiger partial charge in [0, 0.05) is 55.5 Å². The number of phenols is 1. The molecule has 5 rings (SSSR count). The van der Waals surface area contributed by atoms with Gasteiger partial charge in [-0.15, -0.1) is 4.91 Å². The van der Waals surface area contributed by atoms with Crippen LogP contribution in [0.4, 0.5) is 5.69 Å². The largest absolute Gasteiger partial charge is 0.508 e. The molecule has 0 heterocycles. The number of nitroso groups, excluding NO2 is 1. The summed E-state index contributed by atoms with van der Waals surface area (Å²) in [6, 6.07) is 7.22. The van der Waals surface area contributed by atoms with Crippen molar-refractivity contribution in [2.24, 2.45) is 22.7 Å². The molecule has 14 heteroatoms.